The second-order valence-electron chi connectivity index (χ2n) is 6.77. The molecule has 0 fully saturated rings. The smallest absolute Gasteiger partial charge is 0.244 e. The van der Waals surface area contributed by atoms with Gasteiger partial charge < -0.3 is 10.2 Å². The standard InChI is InChI=1S/C21H26FN3O4S/c1-4-18(21(27)23-2)24(14-16-10-6-5-7-11-16)20(26)15-25(30(3,28)29)19-13-9-8-12-17(19)22/h5-13,18H,4,14-15H2,1-3H3,(H,23,27). The van der Waals surface area contributed by atoms with Crippen LogP contribution in [0.25, 0.3) is 0 Å². The lowest BCUT2D eigenvalue weighted by Gasteiger charge is -2.32. The maximum absolute atomic E-state index is 14.3. The number of hydrogen-bond acceptors (Lipinski definition) is 4. The molecule has 0 aliphatic heterocycles. The molecule has 0 saturated heterocycles. The van der Waals surface area contributed by atoms with Crippen molar-refractivity contribution >= 4 is 27.5 Å². The Morgan fingerprint density at radius 2 is 1.67 bits per heavy atom. The maximum atomic E-state index is 14.3. The number of benzene rings is 2. The highest BCUT2D eigenvalue weighted by molar-refractivity contribution is 7.92. The highest BCUT2D eigenvalue weighted by Gasteiger charge is 2.31. The predicted molar refractivity (Wildman–Crippen MR) is 114 cm³/mol. The first-order valence-corrected chi connectivity index (χ1v) is 11.3. The molecule has 1 unspecified atom stereocenters. The molecule has 0 spiro atoms. The van der Waals surface area contributed by atoms with Gasteiger partial charge >= 0.3 is 0 Å². The lowest BCUT2D eigenvalue weighted by atomic mass is 10.1. The van der Waals surface area contributed by atoms with Crippen LogP contribution < -0.4 is 9.62 Å². The zero-order valence-electron chi connectivity index (χ0n) is 17.2. The summed E-state index contributed by atoms with van der Waals surface area (Å²) in [7, 11) is -2.48. The van der Waals surface area contributed by atoms with Gasteiger partial charge in [-0.2, -0.15) is 0 Å². The molecule has 2 aromatic rings. The molecule has 30 heavy (non-hydrogen) atoms. The van der Waals surface area contributed by atoms with Crippen LogP contribution >= 0.6 is 0 Å². The van der Waals surface area contributed by atoms with Crippen LogP contribution in [0.5, 0.6) is 0 Å². The third-order valence-electron chi connectivity index (χ3n) is 4.63. The fraction of sp³-hybridized carbons (Fsp3) is 0.333. The van der Waals surface area contributed by atoms with Gasteiger partial charge in [0.1, 0.15) is 18.4 Å². The molecule has 9 heteroatoms. The van der Waals surface area contributed by atoms with E-state index >= 15 is 0 Å². The van der Waals surface area contributed by atoms with E-state index in [1.165, 1.54) is 30.1 Å². The van der Waals surface area contributed by atoms with Crippen LogP contribution in [-0.4, -0.2) is 51.0 Å². The Morgan fingerprint density at radius 3 is 2.20 bits per heavy atom. The molecule has 2 amide bonds. The number of carbonyl (C=O) groups excluding carboxylic acids is 2. The minimum Gasteiger partial charge on any atom is -0.357 e. The van der Waals surface area contributed by atoms with E-state index in [4.69, 9.17) is 0 Å². The number of halogens is 1. The van der Waals surface area contributed by atoms with Crippen molar-refractivity contribution in [2.75, 3.05) is 24.2 Å². The van der Waals surface area contributed by atoms with E-state index in [0.717, 1.165) is 22.2 Å². The number of anilines is 1. The van der Waals surface area contributed by atoms with Crippen LogP contribution in [0.2, 0.25) is 0 Å². The van der Waals surface area contributed by atoms with Gasteiger partial charge in [0.2, 0.25) is 21.8 Å². The molecule has 0 aliphatic rings. The molecule has 0 heterocycles. The molecule has 2 rings (SSSR count). The van der Waals surface area contributed by atoms with Crippen LogP contribution in [-0.2, 0) is 26.2 Å². The van der Waals surface area contributed by atoms with Gasteiger partial charge in [-0.05, 0) is 24.1 Å². The number of rotatable bonds is 9. The summed E-state index contributed by atoms with van der Waals surface area (Å²) in [6.07, 6.45) is 1.24. The van der Waals surface area contributed by atoms with Gasteiger partial charge in [0.05, 0.1) is 11.9 Å². The van der Waals surface area contributed by atoms with Gasteiger partial charge in [0, 0.05) is 13.6 Å². The van der Waals surface area contributed by atoms with E-state index in [1.54, 1.807) is 19.1 Å². The minimum absolute atomic E-state index is 0.112. The van der Waals surface area contributed by atoms with Crippen LogP contribution in [0.1, 0.15) is 18.9 Å². The number of nitrogens with zero attached hydrogens (tertiary/aromatic N) is 2. The zero-order valence-corrected chi connectivity index (χ0v) is 18.0. The Bertz CT molecular complexity index is 983. The number of amides is 2. The summed E-state index contributed by atoms with van der Waals surface area (Å²) in [4.78, 5) is 26.9. The summed E-state index contributed by atoms with van der Waals surface area (Å²) < 4.78 is 39.7. The Hall–Kier alpha value is -2.94. The molecule has 2 aromatic carbocycles. The molecular weight excluding hydrogens is 409 g/mol. The molecular formula is C21H26FN3O4S. The summed E-state index contributed by atoms with van der Waals surface area (Å²) in [6.45, 7) is 1.25. The van der Waals surface area contributed by atoms with E-state index < -0.39 is 34.3 Å². The average molecular weight is 436 g/mol. The van der Waals surface area contributed by atoms with Gasteiger partial charge in [-0.15, -0.1) is 0 Å². The summed E-state index contributed by atoms with van der Waals surface area (Å²) in [5.41, 5.74) is 0.561. The van der Waals surface area contributed by atoms with Gasteiger partial charge in [0.15, 0.2) is 0 Å². The van der Waals surface area contributed by atoms with E-state index in [0.29, 0.717) is 6.42 Å². The third-order valence-corrected chi connectivity index (χ3v) is 5.75. The molecule has 162 valence electrons. The SMILES string of the molecule is CCC(C(=O)NC)N(Cc1ccccc1)C(=O)CN(c1ccccc1F)S(C)(=O)=O. The Balaban J connectivity index is 2.42. The first-order chi connectivity index (χ1) is 14.2. The minimum atomic E-state index is -3.95. The van der Waals surface area contributed by atoms with E-state index in [2.05, 4.69) is 5.32 Å². The van der Waals surface area contributed by atoms with Crippen LogP contribution in [0.15, 0.2) is 54.6 Å². The topological polar surface area (TPSA) is 86.8 Å². The Labute approximate surface area is 176 Å². The number of para-hydroxylation sites is 1. The molecule has 0 saturated carbocycles. The summed E-state index contributed by atoms with van der Waals surface area (Å²) in [6, 6.07) is 13.6. The molecule has 0 radical (unpaired) electrons. The molecule has 0 aromatic heterocycles. The number of likely N-dealkylation sites (N-methyl/N-ethyl adjacent to an activating group) is 1. The first kappa shape index (κ1) is 23.3. The highest BCUT2D eigenvalue weighted by atomic mass is 32.2. The molecule has 0 aliphatic carbocycles. The average Bonchev–Trinajstić information content (AvgIpc) is 2.72. The van der Waals surface area contributed by atoms with Crippen molar-refractivity contribution in [1.82, 2.24) is 10.2 Å². The van der Waals surface area contributed by atoms with Gasteiger partial charge in [-0.25, -0.2) is 12.8 Å². The normalized spacial score (nSPS) is 12.1. The van der Waals surface area contributed by atoms with Crippen molar-refractivity contribution in [3.8, 4) is 0 Å². The summed E-state index contributed by atoms with van der Waals surface area (Å²) in [5, 5.41) is 2.54. The lowest BCUT2D eigenvalue weighted by Crippen LogP contribution is -2.51. The Morgan fingerprint density at radius 1 is 1.07 bits per heavy atom. The fourth-order valence-corrected chi connectivity index (χ4v) is 3.97. The second-order valence-corrected chi connectivity index (χ2v) is 8.67. The van der Waals surface area contributed by atoms with Crippen molar-refractivity contribution in [3.05, 3.63) is 66.0 Å². The van der Waals surface area contributed by atoms with Crippen molar-refractivity contribution in [2.24, 2.45) is 0 Å². The van der Waals surface area contributed by atoms with Gasteiger partial charge in [-0.3, -0.25) is 13.9 Å². The van der Waals surface area contributed by atoms with E-state index in [1.807, 2.05) is 18.2 Å². The predicted octanol–water partition coefficient (Wildman–Crippen LogP) is 2.15. The van der Waals surface area contributed by atoms with Crippen molar-refractivity contribution in [1.29, 1.82) is 0 Å². The fourth-order valence-electron chi connectivity index (χ4n) is 3.11. The molecule has 7 nitrogen and oxygen atoms in total. The van der Waals surface area contributed by atoms with Crippen molar-refractivity contribution in [3.63, 3.8) is 0 Å². The van der Waals surface area contributed by atoms with Crippen molar-refractivity contribution in [2.45, 2.75) is 25.9 Å². The summed E-state index contributed by atoms with van der Waals surface area (Å²) in [5.74, 6) is -1.73. The van der Waals surface area contributed by atoms with Crippen LogP contribution in [0, 0.1) is 5.82 Å². The maximum Gasteiger partial charge on any atom is 0.244 e. The highest BCUT2D eigenvalue weighted by Crippen LogP contribution is 2.22. The van der Waals surface area contributed by atoms with Crippen LogP contribution in [0.3, 0.4) is 0 Å². The van der Waals surface area contributed by atoms with Crippen LogP contribution in [0.4, 0.5) is 10.1 Å². The third kappa shape index (κ3) is 5.79. The van der Waals surface area contributed by atoms with Gasteiger partial charge in [-0.1, -0.05) is 49.4 Å². The zero-order chi connectivity index (χ0) is 22.3. The monoisotopic (exact) mass is 435 g/mol. The Kier molecular flexibility index (Phi) is 7.93. The molecule has 1 N–H and O–H groups in total. The number of nitrogens with one attached hydrogen (secondary N) is 1. The summed E-state index contributed by atoms with van der Waals surface area (Å²) >= 11 is 0. The number of sulfonamides is 1. The van der Waals surface area contributed by atoms with Crippen molar-refractivity contribution < 1.29 is 22.4 Å². The van der Waals surface area contributed by atoms with E-state index in [9.17, 15) is 22.4 Å². The first-order valence-electron chi connectivity index (χ1n) is 9.46. The largest absolute Gasteiger partial charge is 0.357 e. The quantitative estimate of drug-likeness (QED) is 0.654. The number of hydrogen-bond donors (Lipinski definition) is 1. The van der Waals surface area contributed by atoms with E-state index in [-0.39, 0.29) is 18.1 Å². The van der Waals surface area contributed by atoms with Gasteiger partial charge in [0.25, 0.3) is 0 Å². The number of carbonyl (C=O) groups is 2. The lowest BCUT2D eigenvalue weighted by molar-refractivity contribution is -0.140. The molecule has 0 bridgehead atoms. The second kappa shape index (κ2) is 10.2. The molecule has 1 atom stereocenters.